The van der Waals surface area contributed by atoms with E-state index in [1.807, 2.05) is 35.0 Å². The molecule has 0 radical (unpaired) electrons. The average Bonchev–Trinajstić information content (AvgIpc) is 2.64. The monoisotopic (exact) mass is 419 g/mol. The molecule has 1 aromatic heterocycles. The van der Waals surface area contributed by atoms with Gasteiger partial charge in [0, 0.05) is 28.0 Å². The van der Waals surface area contributed by atoms with Crippen LogP contribution in [0.2, 0.25) is 0 Å². The summed E-state index contributed by atoms with van der Waals surface area (Å²) in [5.41, 5.74) is 9.05. The lowest BCUT2D eigenvalue weighted by atomic mass is 10.2. The molecule has 0 unspecified atom stereocenters. The zero-order chi connectivity index (χ0) is 20.3. The van der Waals surface area contributed by atoms with Crippen molar-refractivity contribution in [3.8, 4) is 5.69 Å². The van der Waals surface area contributed by atoms with E-state index in [1.54, 1.807) is 24.0 Å². The van der Waals surface area contributed by atoms with Gasteiger partial charge in [-0.05, 0) is 24.3 Å². The molecule has 1 aliphatic rings. The SMILES string of the molecule is NC(=O)c1ccc[n+](-c2ccc3c(c2)Sc2ccccc2N3)c1.[O-][Cl+3]([O-])([O-])[O-]. The van der Waals surface area contributed by atoms with Gasteiger partial charge in [-0.3, -0.25) is 4.79 Å². The summed E-state index contributed by atoms with van der Waals surface area (Å²) in [5, 5.41) is 3.44. The fourth-order valence-electron chi connectivity index (χ4n) is 2.56. The van der Waals surface area contributed by atoms with Gasteiger partial charge in [0.25, 0.3) is 5.91 Å². The van der Waals surface area contributed by atoms with Crippen molar-refractivity contribution >= 4 is 29.0 Å². The molecule has 28 heavy (non-hydrogen) atoms. The number of nitrogens with two attached hydrogens (primary N) is 1. The van der Waals surface area contributed by atoms with Gasteiger partial charge in [0.1, 0.15) is 5.56 Å². The standard InChI is InChI=1S/C18H13N3OS.ClHO4/c19-18(22)12-4-3-9-21(11-12)13-7-8-15-17(10-13)23-16-6-2-1-5-14(16)20-15;2-1(3,4)5/h1-11,20H,(H-,19,22);(H,2,3,4,5). The van der Waals surface area contributed by atoms with Crippen LogP contribution in [0, 0.1) is 10.2 Å². The largest absolute Gasteiger partial charge is 0.365 e. The van der Waals surface area contributed by atoms with Crippen molar-refractivity contribution in [3.63, 3.8) is 0 Å². The Morgan fingerprint density at radius 1 is 0.964 bits per heavy atom. The molecule has 2 aromatic carbocycles. The Bertz CT molecular complexity index is 1020. The Morgan fingerprint density at radius 2 is 1.64 bits per heavy atom. The molecule has 4 rings (SSSR count). The molecule has 8 nitrogen and oxygen atoms in total. The fourth-order valence-corrected chi connectivity index (χ4v) is 3.58. The molecule has 0 spiro atoms. The Balaban J connectivity index is 0.000000403. The number of amides is 1. The summed E-state index contributed by atoms with van der Waals surface area (Å²) in [7, 11) is -4.94. The zero-order valence-corrected chi connectivity index (χ0v) is 15.8. The first-order chi connectivity index (χ1) is 13.2. The number of aromatic nitrogens is 1. The number of halogens is 1. The number of pyridine rings is 1. The number of primary amides is 1. The van der Waals surface area contributed by atoms with Gasteiger partial charge in [0.2, 0.25) is 5.69 Å². The van der Waals surface area contributed by atoms with Crippen molar-refractivity contribution in [2.45, 2.75) is 9.79 Å². The topological polar surface area (TPSA) is 151 Å². The third-order valence-corrected chi connectivity index (χ3v) is 4.86. The predicted molar refractivity (Wildman–Crippen MR) is 90.3 cm³/mol. The minimum absolute atomic E-state index is 0.428. The van der Waals surface area contributed by atoms with Crippen LogP contribution in [-0.2, 0) is 0 Å². The third-order valence-electron chi connectivity index (χ3n) is 3.72. The summed E-state index contributed by atoms with van der Waals surface area (Å²) >= 11 is 1.73. The molecule has 144 valence electrons. The lowest BCUT2D eigenvalue weighted by Gasteiger charge is -2.20. The summed E-state index contributed by atoms with van der Waals surface area (Å²) in [6.45, 7) is 0. The van der Waals surface area contributed by atoms with E-state index >= 15 is 0 Å². The van der Waals surface area contributed by atoms with Crippen molar-refractivity contribution in [2.75, 3.05) is 5.32 Å². The highest BCUT2D eigenvalue weighted by molar-refractivity contribution is 7.99. The van der Waals surface area contributed by atoms with Gasteiger partial charge in [-0.25, -0.2) is 18.6 Å². The molecule has 3 N–H and O–H groups in total. The maximum absolute atomic E-state index is 11.3. The number of hydrogen-bond acceptors (Lipinski definition) is 7. The van der Waals surface area contributed by atoms with Crippen LogP contribution in [0.5, 0.6) is 0 Å². The first-order valence-corrected chi connectivity index (χ1v) is 9.87. The van der Waals surface area contributed by atoms with E-state index in [-0.39, 0.29) is 0 Å². The number of benzene rings is 2. The van der Waals surface area contributed by atoms with Gasteiger partial charge >= 0.3 is 0 Å². The molecular formula is C18H14ClN3O5S. The van der Waals surface area contributed by atoms with Crippen LogP contribution >= 0.6 is 11.8 Å². The van der Waals surface area contributed by atoms with Crippen molar-refractivity contribution in [1.82, 2.24) is 0 Å². The first kappa shape index (κ1) is 20.1. The van der Waals surface area contributed by atoms with Crippen LogP contribution in [0.4, 0.5) is 11.4 Å². The van der Waals surface area contributed by atoms with Gasteiger partial charge in [-0.1, -0.05) is 23.9 Å². The molecule has 0 bridgehead atoms. The molecule has 3 aromatic rings. The summed E-state index contributed by atoms with van der Waals surface area (Å²) in [6.07, 6.45) is 3.65. The third kappa shape index (κ3) is 5.20. The van der Waals surface area contributed by atoms with Crippen LogP contribution < -0.4 is 34.3 Å². The van der Waals surface area contributed by atoms with Crippen LogP contribution in [-0.4, -0.2) is 5.91 Å². The van der Waals surface area contributed by atoms with E-state index in [0.717, 1.165) is 22.0 Å². The minimum Gasteiger partial charge on any atom is -0.365 e. The second-order valence-corrected chi connectivity index (χ2v) is 7.49. The van der Waals surface area contributed by atoms with Gasteiger partial charge in [0.15, 0.2) is 12.4 Å². The van der Waals surface area contributed by atoms with E-state index in [2.05, 4.69) is 29.6 Å². The second kappa shape index (κ2) is 8.15. The van der Waals surface area contributed by atoms with Crippen molar-refractivity contribution in [2.24, 2.45) is 5.73 Å². The minimum atomic E-state index is -4.94. The number of anilines is 2. The summed E-state index contributed by atoms with van der Waals surface area (Å²) < 4.78 is 35.9. The van der Waals surface area contributed by atoms with Crippen LogP contribution in [0.1, 0.15) is 10.4 Å². The number of hydrogen-bond donors (Lipinski definition) is 2. The molecule has 10 heteroatoms. The second-order valence-electron chi connectivity index (χ2n) is 5.65. The highest BCUT2D eigenvalue weighted by atomic mass is 35.7. The van der Waals surface area contributed by atoms with Crippen LogP contribution in [0.25, 0.3) is 5.69 Å². The van der Waals surface area contributed by atoms with Crippen molar-refractivity contribution in [1.29, 1.82) is 0 Å². The number of nitrogens with zero attached hydrogens (tertiary/aromatic N) is 1. The van der Waals surface area contributed by atoms with Crippen LogP contribution in [0.15, 0.2) is 76.8 Å². The highest BCUT2D eigenvalue weighted by Crippen LogP contribution is 2.44. The molecule has 2 heterocycles. The molecular weight excluding hydrogens is 406 g/mol. The lowest BCUT2D eigenvalue weighted by molar-refractivity contribution is -2.00. The maximum atomic E-state index is 11.3. The predicted octanol–water partition coefficient (Wildman–Crippen LogP) is -1.49. The Hall–Kier alpha value is -2.66. The number of carbonyl (C=O) groups excluding carboxylic acids is 1. The van der Waals surface area contributed by atoms with E-state index in [1.165, 1.54) is 4.90 Å². The van der Waals surface area contributed by atoms with E-state index < -0.39 is 16.2 Å². The molecule has 0 saturated heterocycles. The van der Waals surface area contributed by atoms with E-state index in [4.69, 9.17) is 24.4 Å². The number of rotatable bonds is 2. The molecule has 1 aliphatic heterocycles. The van der Waals surface area contributed by atoms with Gasteiger partial charge in [-0.2, -0.15) is 4.57 Å². The van der Waals surface area contributed by atoms with Gasteiger partial charge < -0.3 is 11.1 Å². The number of para-hydroxylation sites is 1. The van der Waals surface area contributed by atoms with E-state index in [0.29, 0.717) is 5.56 Å². The number of fused-ring (bicyclic) bond motifs is 2. The smallest absolute Gasteiger partial charge is 0.254 e. The first-order valence-electron chi connectivity index (χ1n) is 7.82. The molecule has 0 saturated carbocycles. The fraction of sp³-hybridized carbons (Fsp3) is 0. The van der Waals surface area contributed by atoms with Gasteiger partial charge in [-0.15, -0.1) is 10.2 Å². The maximum Gasteiger partial charge on any atom is 0.254 e. The number of carbonyl (C=O) groups is 1. The summed E-state index contributed by atoms with van der Waals surface area (Å²) in [4.78, 5) is 13.7. The molecule has 0 atom stereocenters. The lowest BCUT2D eigenvalue weighted by Crippen LogP contribution is -2.68. The Morgan fingerprint density at radius 3 is 2.36 bits per heavy atom. The highest BCUT2D eigenvalue weighted by Gasteiger charge is 2.18. The van der Waals surface area contributed by atoms with Crippen molar-refractivity contribution in [3.05, 3.63) is 72.6 Å². The van der Waals surface area contributed by atoms with E-state index in [9.17, 15) is 4.79 Å². The number of nitrogens with one attached hydrogen (secondary N) is 1. The zero-order valence-electron chi connectivity index (χ0n) is 14.2. The molecule has 1 amide bonds. The normalized spacial score (nSPS) is 12.0. The van der Waals surface area contributed by atoms with Crippen molar-refractivity contribution < 1.29 is 38.2 Å². The Labute approximate surface area is 166 Å². The molecule has 0 aliphatic carbocycles. The average molecular weight is 420 g/mol. The summed E-state index contributed by atoms with van der Waals surface area (Å²) in [5.74, 6) is -0.428. The van der Waals surface area contributed by atoms with Crippen LogP contribution in [0.3, 0.4) is 0 Å². The Kier molecular flexibility index (Phi) is 5.84. The van der Waals surface area contributed by atoms with Gasteiger partial charge in [0.05, 0.1) is 11.4 Å². The summed E-state index contributed by atoms with van der Waals surface area (Å²) in [6, 6.07) is 17.9. The molecule has 0 fully saturated rings. The quantitative estimate of drug-likeness (QED) is 0.376.